The molecule has 0 unspecified atom stereocenters. The van der Waals surface area contributed by atoms with Crippen LogP contribution in [0, 0.1) is 0 Å². The molecule has 0 aliphatic carbocycles. The van der Waals surface area contributed by atoms with Crippen molar-refractivity contribution in [2.45, 2.75) is 58.3 Å². The molecule has 2 aliphatic rings. The first-order chi connectivity index (χ1) is 16.6. The summed E-state index contributed by atoms with van der Waals surface area (Å²) in [6, 6.07) is 17.3. The molecular weight excluding hydrogens is 448 g/mol. The maximum absolute atomic E-state index is 6.87. The number of rotatable bonds is 6. The first kappa shape index (κ1) is 25.3. The lowest BCUT2D eigenvalue weighted by Crippen LogP contribution is -2.26. The van der Waals surface area contributed by atoms with E-state index in [0.29, 0.717) is 0 Å². The van der Waals surface area contributed by atoms with Gasteiger partial charge in [0.05, 0.1) is 5.41 Å². The predicted molar refractivity (Wildman–Crippen MR) is 152 cm³/mol. The molecule has 2 aromatic carbocycles. The van der Waals surface area contributed by atoms with E-state index in [2.05, 4.69) is 131 Å². The summed E-state index contributed by atoms with van der Waals surface area (Å²) in [6.07, 6.45) is 12.8. The Morgan fingerprint density at radius 3 is 2.26 bits per heavy atom. The standard InChI is InChI=1S/C32H38ClN2/c1-8-14-23(21-22-30-32(4,5)25-16-10-12-19-28(25)35(30)7)26(33)17-13-20-29-31(2,3)24-15-9-11-18-27(24)34(29)6/h9-13,15-22H,8,14H2,1-7H3/q+1. The van der Waals surface area contributed by atoms with Crippen molar-refractivity contribution in [1.82, 2.24) is 0 Å². The number of nitrogens with zero attached hydrogens (tertiary/aromatic N) is 2. The predicted octanol–water partition coefficient (Wildman–Crippen LogP) is 8.41. The zero-order chi connectivity index (χ0) is 25.4. The van der Waals surface area contributed by atoms with Crippen molar-refractivity contribution in [3.05, 3.63) is 106 Å². The van der Waals surface area contributed by atoms with Gasteiger partial charge < -0.3 is 4.90 Å². The molecule has 35 heavy (non-hydrogen) atoms. The molecule has 0 bridgehead atoms. The molecule has 0 amide bonds. The van der Waals surface area contributed by atoms with Crippen LogP contribution < -0.4 is 4.90 Å². The summed E-state index contributed by atoms with van der Waals surface area (Å²) in [6.45, 7) is 11.4. The largest absolute Gasteiger partial charge is 0.347 e. The van der Waals surface area contributed by atoms with Crippen LogP contribution in [0.3, 0.4) is 0 Å². The quantitative estimate of drug-likeness (QED) is 0.294. The van der Waals surface area contributed by atoms with Crippen LogP contribution in [0.5, 0.6) is 0 Å². The summed E-state index contributed by atoms with van der Waals surface area (Å²) in [5.41, 5.74) is 8.92. The molecule has 2 aromatic rings. The molecule has 0 radical (unpaired) electrons. The topological polar surface area (TPSA) is 6.25 Å². The summed E-state index contributed by atoms with van der Waals surface area (Å²) in [7, 11) is 4.30. The van der Waals surface area contributed by atoms with E-state index in [1.807, 2.05) is 6.08 Å². The van der Waals surface area contributed by atoms with Crippen LogP contribution >= 0.6 is 11.6 Å². The Balaban J connectivity index is 1.62. The Hall–Kier alpha value is -2.84. The number of allylic oxidation sites excluding steroid dienone is 8. The Kier molecular flexibility index (Phi) is 6.97. The molecule has 2 aliphatic heterocycles. The second-order valence-corrected chi connectivity index (χ2v) is 11.1. The van der Waals surface area contributed by atoms with Crippen molar-refractivity contribution in [3.8, 4) is 0 Å². The highest BCUT2D eigenvalue weighted by Gasteiger charge is 2.42. The van der Waals surface area contributed by atoms with E-state index in [-0.39, 0.29) is 10.8 Å². The molecule has 2 nitrogen and oxygen atoms in total. The molecule has 0 saturated carbocycles. The number of para-hydroxylation sites is 2. The molecule has 0 spiro atoms. The van der Waals surface area contributed by atoms with E-state index in [1.54, 1.807) is 0 Å². The fourth-order valence-electron chi connectivity index (χ4n) is 5.67. The van der Waals surface area contributed by atoms with Crippen molar-refractivity contribution < 1.29 is 4.58 Å². The molecule has 2 heterocycles. The Labute approximate surface area is 216 Å². The van der Waals surface area contributed by atoms with E-state index in [4.69, 9.17) is 11.6 Å². The summed E-state index contributed by atoms with van der Waals surface area (Å²) in [4.78, 5) is 2.29. The number of halogens is 1. The Morgan fingerprint density at radius 1 is 0.943 bits per heavy atom. The third-order valence-electron chi connectivity index (χ3n) is 7.65. The van der Waals surface area contributed by atoms with Crippen molar-refractivity contribution in [3.63, 3.8) is 0 Å². The summed E-state index contributed by atoms with van der Waals surface area (Å²) >= 11 is 6.87. The summed E-state index contributed by atoms with van der Waals surface area (Å²) in [5, 5.41) is 0.799. The number of hydrogen-bond acceptors (Lipinski definition) is 1. The molecule has 0 saturated heterocycles. The summed E-state index contributed by atoms with van der Waals surface area (Å²) < 4.78 is 2.30. The molecule has 0 aromatic heterocycles. The van der Waals surface area contributed by atoms with Gasteiger partial charge in [-0.25, -0.2) is 0 Å². The van der Waals surface area contributed by atoms with Crippen LogP contribution in [0.4, 0.5) is 11.4 Å². The van der Waals surface area contributed by atoms with Crippen molar-refractivity contribution in [1.29, 1.82) is 0 Å². The van der Waals surface area contributed by atoms with E-state index in [0.717, 1.165) is 17.9 Å². The second-order valence-electron chi connectivity index (χ2n) is 10.7. The highest BCUT2D eigenvalue weighted by atomic mass is 35.5. The van der Waals surface area contributed by atoms with Gasteiger partial charge in [-0.15, -0.1) is 0 Å². The van der Waals surface area contributed by atoms with Gasteiger partial charge in [-0.1, -0.05) is 87.3 Å². The van der Waals surface area contributed by atoms with Gasteiger partial charge in [0, 0.05) is 46.6 Å². The second kappa shape index (κ2) is 9.66. The maximum Gasteiger partial charge on any atom is 0.209 e. The lowest BCUT2D eigenvalue weighted by atomic mass is 9.81. The van der Waals surface area contributed by atoms with E-state index < -0.39 is 0 Å². The first-order valence-electron chi connectivity index (χ1n) is 12.6. The van der Waals surface area contributed by atoms with Crippen LogP contribution in [-0.2, 0) is 10.8 Å². The third kappa shape index (κ3) is 4.45. The van der Waals surface area contributed by atoms with Crippen molar-refractivity contribution in [2.24, 2.45) is 0 Å². The molecule has 0 atom stereocenters. The zero-order valence-corrected chi connectivity index (χ0v) is 22.9. The molecule has 0 N–H and O–H groups in total. The van der Waals surface area contributed by atoms with Gasteiger partial charge in [0.25, 0.3) is 0 Å². The van der Waals surface area contributed by atoms with Gasteiger partial charge in [-0.3, -0.25) is 0 Å². The van der Waals surface area contributed by atoms with Gasteiger partial charge in [0.1, 0.15) is 7.05 Å². The van der Waals surface area contributed by atoms with Crippen LogP contribution in [0.1, 0.15) is 58.6 Å². The average molecular weight is 486 g/mol. The van der Waals surface area contributed by atoms with E-state index in [1.165, 1.54) is 39.5 Å². The lowest BCUT2D eigenvalue weighted by Gasteiger charge is -2.23. The minimum absolute atomic E-state index is 0.0394. The Bertz CT molecular complexity index is 1280. The van der Waals surface area contributed by atoms with Gasteiger partial charge in [-0.05, 0) is 49.6 Å². The minimum Gasteiger partial charge on any atom is -0.347 e. The fourth-order valence-corrected chi connectivity index (χ4v) is 5.90. The van der Waals surface area contributed by atoms with E-state index in [9.17, 15) is 0 Å². The monoisotopic (exact) mass is 485 g/mol. The molecule has 182 valence electrons. The molecular formula is C32H38ClN2+. The summed E-state index contributed by atoms with van der Waals surface area (Å²) in [5.74, 6) is 0. The maximum atomic E-state index is 6.87. The van der Waals surface area contributed by atoms with Crippen molar-refractivity contribution >= 4 is 28.7 Å². The molecule has 3 heteroatoms. The molecule has 4 rings (SSSR count). The van der Waals surface area contributed by atoms with Gasteiger partial charge in [0.2, 0.25) is 5.69 Å². The van der Waals surface area contributed by atoms with E-state index >= 15 is 0 Å². The van der Waals surface area contributed by atoms with Crippen LogP contribution in [0.15, 0.2) is 95.2 Å². The van der Waals surface area contributed by atoms with Crippen LogP contribution in [-0.4, -0.2) is 24.4 Å². The SMILES string of the molecule is CCCC(C=CC1=[N+](C)c2ccccc2C1(C)C)=C(Cl)C=CC=C1N(C)c2ccccc2C1(C)C. The normalized spacial score (nSPS) is 20.2. The number of benzene rings is 2. The number of fused-ring (bicyclic) bond motifs is 2. The highest BCUT2D eigenvalue weighted by molar-refractivity contribution is 6.31. The zero-order valence-electron chi connectivity index (χ0n) is 22.2. The van der Waals surface area contributed by atoms with Crippen molar-refractivity contribution in [2.75, 3.05) is 19.0 Å². The van der Waals surface area contributed by atoms with Crippen LogP contribution in [0.2, 0.25) is 0 Å². The number of hydrogen-bond donors (Lipinski definition) is 0. The number of anilines is 1. The smallest absolute Gasteiger partial charge is 0.209 e. The number of likely N-dealkylation sites (N-methyl/N-ethyl adjacent to an activating group) is 1. The first-order valence-corrected chi connectivity index (χ1v) is 13.0. The van der Waals surface area contributed by atoms with Crippen LogP contribution in [0.25, 0.3) is 0 Å². The Morgan fingerprint density at radius 2 is 1.60 bits per heavy atom. The fraction of sp³-hybridized carbons (Fsp3) is 0.344. The van der Waals surface area contributed by atoms with Gasteiger partial charge in [-0.2, -0.15) is 4.58 Å². The third-order valence-corrected chi connectivity index (χ3v) is 8.01. The van der Waals surface area contributed by atoms with Gasteiger partial charge >= 0.3 is 0 Å². The lowest BCUT2D eigenvalue weighted by molar-refractivity contribution is -0.401. The minimum atomic E-state index is -0.0421. The average Bonchev–Trinajstić information content (AvgIpc) is 3.15. The van der Waals surface area contributed by atoms with Gasteiger partial charge in [0.15, 0.2) is 5.71 Å². The highest BCUT2D eigenvalue weighted by Crippen LogP contribution is 2.46. The molecule has 0 fully saturated rings.